The van der Waals surface area contributed by atoms with Crippen LogP contribution >= 0.6 is 0 Å². The van der Waals surface area contributed by atoms with Gasteiger partial charge in [-0.25, -0.2) is 4.79 Å². The minimum Gasteiger partial charge on any atom is -0.478 e. The van der Waals surface area contributed by atoms with Gasteiger partial charge in [-0.1, -0.05) is 0 Å². The van der Waals surface area contributed by atoms with Crippen LogP contribution in [-0.2, 0) is 11.3 Å². The van der Waals surface area contributed by atoms with Gasteiger partial charge in [-0.3, -0.25) is 9.59 Å². The maximum Gasteiger partial charge on any atom is 0.337 e. The third-order valence-electron chi connectivity index (χ3n) is 2.99. The number of aromatic carboxylic acids is 1. The van der Waals surface area contributed by atoms with E-state index in [9.17, 15) is 14.4 Å². The summed E-state index contributed by atoms with van der Waals surface area (Å²) in [7, 11) is 0. The highest BCUT2D eigenvalue weighted by molar-refractivity contribution is 5.87. The summed E-state index contributed by atoms with van der Waals surface area (Å²) in [6.07, 6.45) is 3.17. The number of carboxylic acid groups (broad SMARTS) is 1. The van der Waals surface area contributed by atoms with Crippen molar-refractivity contribution in [2.24, 2.45) is 0 Å². The van der Waals surface area contributed by atoms with E-state index in [1.807, 2.05) is 0 Å². The smallest absolute Gasteiger partial charge is 0.337 e. The quantitative estimate of drug-likeness (QED) is 0.829. The second kappa shape index (κ2) is 5.03. The number of hydrogen-bond acceptors (Lipinski definition) is 3. The van der Waals surface area contributed by atoms with Crippen molar-refractivity contribution in [2.75, 3.05) is 13.1 Å². The third kappa shape index (κ3) is 2.58. The fourth-order valence-corrected chi connectivity index (χ4v) is 1.99. The van der Waals surface area contributed by atoms with Crippen molar-refractivity contribution in [1.82, 2.24) is 9.47 Å². The Bertz CT molecular complexity index is 529. The number of pyridine rings is 1. The molecule has 0 aliphatic carbocycles. The van der Waals surface area contributed by atoms with Gasteiger partial charge in [-0.05, 0) is 18.9 Å². The Labute approximate surface area is 103 Å². The van der Waals surface area contributed by atoms with Crippen LogP contribution in [-0.4, -0.2) is 39.5 Å². The van der Waals surface area contributed by atoms with Gasteiger partial charge in [0.05, 0.1) is 5.56 Å². The Morgan fingerprint density at radius 3 is 2.50 bits per heavy atom. The van der Waals surface area contributed by atoms with Crippen molar-refractivity contribution >= 4 is 11.9 Å². The number of aromatic nitrogens is 1. The van der Waals surface area contributed by atoms with Crippen molar-refractivity contribution in [3.8, 4) is 0 Å². The molecular formula is C12H14N2O4. The molecule has 1 aliphatic heterocycles. The van der Waals surface area contributed by atoms with Crippen molar-refractivity contribution in [1.29, 1.82) is 0 Å². The molecule has 18 heavy (non-hydrogen) atoms. The predicted octanol–water partition coefficient (Wildman–Crippen LogP) is 0.169. The average molecular weight is 250 g/mol. The molecule has 0 radical (unpaired) electrons. The molecule has 96 valence electrons. The van der Waals surface area contributed by atoms with Crippen LogP contribution in [0.4, 0.5) is 0 Å². The Morgan fingerprint density at radius 2 is 1.89 bits per heavy atom. The van der Waals surface area contributed by atoms with E-state index in [-0.39, 0.29) is 23.6 Å². The fraction of sp³-hybridized carbons (Fsp3) is 0.417. The molecule has 2 heterocycles. The van der Waals surface area contributed by atoms with Crippen LogP contribution in [0, 0.1) is 0 Å². The normalized spacial score (nSPS) is 14.8. The molecule has 0 aromatic carbocycles. The van der Waals surface area contributed by atoms with Crippen molar-refractivity contribution < 1.29 is 14.7 Å². The zero-order chi connectivity index (χ0) is 13.1. The summed E-state index contributed by atoms with van der Waals surface area (Å²) < 4.78 is 1.14. The minimum atomic E-state index is -1.11. The van der Waals surface area contributed by atoms with E-state index >= 15 is 0 Å². The maximum absolute atomic E-state index is 11.9. The summed E-state index contributed by atoms with van der Waals surface area (Å²) in [6.45, 7) is 1.33. The number of nitrogens with zero attached hydrogens (tertiary/aromatic N) is 2. The molecule has 2 rings (SSSR count). The van der Waals surface area contributed by atoms with Gasteiger partial charge in [0.2, 0.25) is 5.91 Å². The molecule has 0 saturated carbocycles. The lowest BCUT2D eigenvalue weighted by molar-refractivity contribution is -0.130. The second-order valence-electron chi connectivity index (χ2n) is 4.28. The SMILES string of the molecule is O=C(O)c1ccc(=O)n(CC(=O)N2CCCC2)c1. The standard InChI is InChI=1S/C12H14N2O4/c15-10-4-3-9(12(17)18)7-14(10)8-11(16)13-5-1-2-6-13/h3-4,7H,1-2,5-6,8H2,(H,17,18). The zero-order valence-electron chi connectivity index (χ0n) is 9.83. The van der Waals surface area contributed by atoms with E-state index in [1.54, 1.807) is 4.90 Å². The number of hydrogen-bond donors (Lipinski definition) is 1. The van der Waals surface area contributed by atoms with Crippen LogP contribution in [0.3, 0.4) is 0 Å². The fourth-order valence-electron chi connectivity index (χ4n) is 1.99. The van der Waals surface area contributed by atoms with Crippen LogP contribution in [0.1, 0.15) is 23.2 Å². The van der Waals surface area contributed by atoms with Gasteiger partial charge in [0, 0.05) is 25.4 Å². The monoisotopic (exact) mass is 250 g/mol. The lowest BCUT2D eigenvalue weighted by Crippen LogP contribution is -2.34. The highest BCUT2D eigenvalue weighted by Gasteiger charge is 2.18. The number of carbonyl (C=O) groups is 2. The highest BCUT2D eigenvalue weighted by atomic mass is 16.4. The lowest BCUT2D eigenvalue weighted by atomic mass is 10.3. The largest absolute Gasteiger partial charge is 0.478 e. The van der Waals surface area contributed by atoms with Crippen molar-refractivity contribution in [2.45, 2.75) is 19.4 Å². The highest BCUT2D eigenvalue weighted by Crippen LogP contribution is 2.08. The summed E-state index contributed by atoms with van der Waals surface area (Å²) in [5.41, 5.74) is -0.364. The first-order chi connectivity index (χ1) is 8.58. The molecule has 6 nitrogen and oxygen atoms in total. The summed E-state index contributed by atoms with van der Waals surface area (Å²) in [4.78, 5) is 35.9. The number of amides is 1. The molecule has 6 heteroatoms. The van der Waals surface area contributed by atoms with E-state index in [1.165, 1.54) is 18.3 Å². The number of carbonyl (C=O) groups excluding carboxylic acids is 1. The van der Waals surface area contributed by atoms with Gasteiger partial charge in [-0.2, -0.15) is 0 Å². The Balaban J connectivity index is 2.17. The topological polar surface area (TPSA) is 79.6 Å². The molecule has 1 saturated heterocycles. The summed E-state index contributed by atoms with van der Waals surface area (Å²) >= 11 is 0. The van der Waals surface area contributed by atoms with E-state index in [4.69, 9.17) is 5.11 Å². The molecule has 1 N–H and O–H groups in total. The summed E-state index contributed by atoms with van der Waals surface area (Å²) in [5, 5.41) is 8.84. The molecule has 0 unspecified atom stereocenters. The van der Waals surface area contributed by atoms with Gasteiger partial charge in [0.15, 0.2) is 0 Å². The first kappa shape index (κ1) is 12.3. The maximum atomic E-state index is 11.9. The first-order valence-electron chi connectivity index (χ1n) is 5.79. The Morgan fingerprint density at radius 1 is 1.22 bits per heavy atom. The molecule has 1 amide bonds. The minimum absolute atomic E-state index is 0.00354. The second-order valence-corrected chi connectivity index (χ2v) is 4.28. The van der Waals surface area contributed by atoms with Crippen LogP contribution < -0.4 is 5.56 Å². The Kier molecular flexibility index (Phi) is 3.45. The van der Waals surface area contributed by atoms with Gasteiger partial charge in [-0.15, -0.1) is 0 Å². The predicted molar refractivity (Wildman–Crippen MR) is 63.5 cm³/mol. The first-order valence-corrected chi connectivity index (χ1v) is 5.79. The molecular weight excluding hydrogens is 236 g/mol. The van der Waals surface area contributed by atoms with Gasteiger partial charge in [0.25, 0.3) is 5.56 Å². The molecule has 0 spiro atoms. The van der Waals surface area contributed by atoms with Crippen molar-refractivity contribution in [3.05, 3.63) is 34.2 Å². The molecule has 1 aromatic heterocycles. The zero-order valence-corrected chi connectivity index (χ0v) is 9.83. The Hall–Kier alpha value is -2.11. The average Bonchev–Trinajstić information content (AvgIpc) is 2.85. The van der Waals surface area contributed by atoms with Gasteiger partial charge >= 0.3 is 5.97 Å². The molecule has 1 aromatic rings. The summed E-state index contributed by atoms with van der Waals surface area (Å²) in [6, 6.07) is 2.40. The lowest BCUT2D eigenvalue weighted by Gasteiger charge is -2.16. The number of rotatable bonds is 3. The van der Waals surface area contributed by atoms with E-state index in [2.05, 4.69) is 0 Å². The third-order valence-corrected chi connectivity index (χ3v) is 2.99. The molecule has 0 atom stereocenters. The van der Waals surface area contributed by atoms with Crippen LogP contribution in [0.5, 0.6) is 0 Å². The van der Waals surface area contributed by atoms with Crippen molar-refractivity contribution in [3.63, 3.8) is 0 Å². The van der Waals surface area contributed by atoms with Gasteiger partial charge < -0.3 is 14.6 Å². The van der Waals surface area contributed by atoms with E-state index in [0.29, 0.717) is 13.1 Å². The molecule has 0 bridgehead atoms. The number of carboxylic acids is 1. The molecule has 1 aliphatic rings. The van der Waals surface area contributed by atoms with E-state index in [0.717, 1.165) is 17.4 Å². The molecule has 1 fully saturated rings. The van der Waals surface area contributed by atoms with Crippen LogP contribution in [0.15, 0.2) is 23.1 Å². The van der Waals surface area contributed by atoms with Gasteiger partial charge in [0.1, 0.15) is 6.54 Å². The number of likely N-dealkylation sites (tertiary alicyclic amines) is 1. The summed E-state index contributed by atoms with van der Waals surface area (Å²) in [5.74, 6) is -1.26. The van der Waals surface area contributed by atoms with Crippen LogP contribution in [0.25, 0.3) is 0 Å². The van der Waals surface area contributed by atoms with E-state index < -0.39 is 5.97 Å². The van der Waals surface area contributed by atoms with Crippen LogP contribution in [0.2, 0.25) is 0 Å².